The molecule has 26 heavy (non-hydrogen) atoms. The smallest absolute Gasteiger partial charge is 0.179 e. The van der Waals surface area contributed by atoms with E-state index in [4.69, 9.17) is 0 Å². The van der Waals surface area contributed by atoms with Crippen LogP contribution in [0.25, 0.3) is 0 Å². The van der Waals surface area contributed by atoms with Crippen LogP contribution in [0.4, 0.5) is 0 Å². The van der Waals surface area contributed by atoms with Gasteiger partial charge in [0.15, 0.2) is 9.84 Å². The molecule has 0 aliphatic carbocycles. The molecule has 0 bridgehead atoms. The fourth-order valence-corrected chi connectivity index (χ4v) is 4.66. The Morgan fingerprint density at radius 2 is 1.69 bits per heavy atom. The molecule has 1 aromatic carbocycles. The number of likely N-dealkylation sites (tertiary alicyclic amines) is 1. The van der Waals surface area contributed by atoms with Gasteiger partial charge in [0.05, 0.1) is 10.6 Å². The molecule has 1 heterocycles. The van der Waals surface area contributed by atoms with Crippen LogP contribution in [0.3, 0.4) is 0 Å². The molecule has 4 nitrogen and oxygen atoms in total. The minimum Gasteiger partial charge on any atom is -0.320 e. The van der Waals surface area contributed by atoms with Crippen LogP contribution in [0.15, 0.2) is 29.2 Å². The number of halogens is 1. The van der Waals surface area contributed by atoms with E-state index < -0.39 is 9.84 Å². The van der Waals surface area contributed by atoms with Gasteiger partial charge in [-0.25, -0.2) is 8.42 Å². The van der Waals surface area contributed by atoms with Crippen molar-refractivity contribution in [3.63, 3.8) is 0 Å². The quantitative estimate of drug-likeness (QED) is 0.758. The largest absolute Gasteiger partial charge is 0.320 e. The van der Waals surface area contributed by atoms with Gasteiger partial charge in [-0.1, -0.05) is 32.9 Å². The van der Waals surface area contributed by atoms with Crippen molar-refractivity contribution in [3.8, 4) is 0 Å². The van der Waals surface area contributed by atoms with Crippen molar-refractivity contribution in [3.05, 3.63) is 29.8 Å². The monoisotopic (exact) mass is 402 g/mol. The summed E-state index contributed by atoms with van der Waals surface area (Å²) in [5, 5.41) is 3.21. The zero-order valence-corrected chi connectivity index (χ0v) is 18.3. The van der Waals surface area contributed by atoms with E-state index in [1.54, 1.807) is 12.1 Å². The molecule has 0 saturated carbocycles. The Morgan fingerprint density at radius 1 is 1.12 bits per heavy atom. The van der Waals surface area contributed by atoms with Gasteiger partial charge in [-0.2, -0.15) is 0 Å². The second kappa shape index (κ2) is 10.1. The number of hydrogen-bond donors (Lipinski definition) is 1. The van der Waals surface area contributed by atoms with Gasteiger partial charge in [0.2, 0.25) is 0 Å². The summed E-state index contributed by atoms with van der Waals surface area (Å²) in [6, 6.07) is 7.42. The molecule has 0 unspecified atom stereocenters. The Bertz CT molecular complexity index is 631. The van der Waals surface area contributed by atoms with Gasteiger partial charge in [0.1, 0.15) is 0 Å². The maximum absolute atomic E-state index is 12.6. The van der Waals surface area contributed by atoms with Crippen LogP contribution >= 0.6 is 12.4 Å². The number of benzene rings is 1. The third-order valence-electron chi connectivity index (χ3n) is 5.27. The normalized spacial score (nSPS) is 17.1. The number of rotatable bonds is 7. The summed E-state index contributed by atoms with van der Waals surface area (Å²) in [5.41, 5.74) is 1.20. The van der Waals surface area contributed by atoms with Crippen molar-refractivity contribution in [2.24, 2.45) is 5.92 Å². The zero-order valence-electron chi connectivity index (χ0n) is 16.6. The predicted octanol–water partition coefficient (Wildman–Crippen LogP) is 3.50. The van der Waals surface area contributed by atoms with Crippen LogP contribution < -0.4 is 5.32 Å². The second-order valence-corrected chi connectivity index (χ2v) is 10.4. The molecule has 1 N–H and O–H groups in total. The molecule has 1 saturated heterocycles. The summed E-state index contributed by atoms with van der Waals surface area (Å²) in [4.78, 5) is 2.75. The molecule has 150 valence electrons. The standard InChI is InChI=1S/C20H34N2O2S.ClH/c1-20(2,3)18-5-7-19(8-6-18)25(23,24)16-15-22-13-10-17(11-14-22)9-12-21-4;/h5-8,17,21H,9-16H2,1-4H3;1H. The topological polar surface area (TPSA) is 49.4 Å². The number of nitrogens with zero attached hydrogens (tertiary/aromatic N) is 1. The van der Waals surface area contributed by atoms with Crippen molar-refractivity contribution in [2.45, 2.75) is 50.3 Å². The molecule has 6 heteroatoms. The first kappa shape index (κ1) is 23.4. The van der Waals surface area contributed by atoms with Gasteiger partial charge in [0, 0.05) is 6.54 Å². The van der Waals surface area contributed by atoms with Crippen molar-refractivity contribution in [2.75, 3.05) is 39.0 Å². The minimum atomic E-state index is -3.20. The van der Waals surface area contributed by atoms with E-state index >= 15 is 0 Å². The fraction of sp³-hybridized carbons (Fsp3) is 0.700. The summed E-state index contributed by atoms with van der Waals surface area (Å²) >= 11 is 0. The van der Waals surface area contributed by atoms with E-state index in [-0.39, 0.29) is 23.6 Å². The SMILES string of the molecule is CNCCC1CCN(CCS(=O)(=O)c2ccc(C(C)(C)C)cc2)CC1.Cl. The lowest BCUT2D eigenvalue weighted by molar-refractivity contribution is 0.187. The van der Waals surface area contributed by atoms with Crippen molar-refractivity contribution in [1.82, 2.24) is 10.2 Å². The number of piperidine rings is 1. The third-order valence-corrected chi connectivity index (χ3v) is 6.98. The molecular formula is C20H35ClN2O2S. The average Bonchev–Trinajstić information content (AvgIpc) is 2.58. The van der Waals surface area contributed by atoms with E-state index in [1.165, 1.54) is 19.3 Å². The Hall–Kier alpha value is -0.620. The Kier molecular flexibility index (Phi) is 9.07. The zero-order chi connectivity index (χ0) is 18.5. The first-order valence-corrected chi connectivity index (χ1v) is 11.1. The summed E-state index contributed by atoms with van der Waals surface area (Å²) in [6.45, 7) is 10.2. The van der Waals surface area contributed by atoms with E-state index in [1.807, 2.05) is 19.2 Å². The predicted molar refractivity (Wildman–Crippen MR) is 112 cm³/mol. The summed E-state index contributed by atoms with van der Waals surface area (Å²) in [6.07, 6.45) is 3.59. The first-order chi connectivity index (χ1) is 11.7. The second-order valence-electron chi connectivity index (χ2n) is 8.27. The van der Waals surface area contributed by atoms with Crippen LogP contribution in [0.2, 0.25) is 0 Å². The molecule has 1 aliphatic heterocycles. The summed E-state index contributed by atoms with van der Waals surface area (Å²) < 4.78 is 25.2. The first-order valence-electron chi connectivity index (χ1n) is 9.42. The maximum atomic E-state index is 12.6. The van der Waals surface area contributed by atoms with Crippen molar-refractivity contribution >= 4 is 22.2 Å². The highest BCUT2D eigenvalue weighted by atomic mass is 35.5. The Labute approximate surface area is 166 Å². The number of hydrogen-bond acceptors (Lipinski definition) is 4. The lowest BCUT2D eigenvalue weighted by Gasteiger charge is -2.31. The number of sulfone groups is 1. The lowest BCUT2D eigenvalue weighted by atomic mass is 9.87. The summed E-state index contributed by atoms with van der Waals surface area (Å²) in [7, 11) is -1.21. The Morgan fingerprint density at radius 3 is 2.19 bits per heavy atom. The third kappa shape index (κ3) is 6.84. The Balaban J connectivity index is 0.00000338. The van der Waals surface area contributed by atoms with Gasteiger partial charge >= 0.3 is 0 Å². The van der Waals surface area contributed by atoms with E-state index in [0.29, 0.717) is 11.4 Å². The van der Waals surface area contributed by atoms with Gasteiger partial charge < -0.3 is 10.2 Å². The van der Waals surface area contributed by atoms with Crippen LogP contribution in [-0.2, 0) is 15.3 Å². The van der Waals surface area contributed by atoms with Gasteiger partial charge in [-0.3, -0.25) is 0 Å². The molecule has 1 aromatic rings. The summed E-state index contributed by atoms with van der Waals surface area (Å²) in [5.74, 6) is 0.994. The minimum absolute atomic E-state index is 0. The molecule has 0 aromatic heterocycles. The van der Waals surface area contributed by atoms with E-state index in [0.717, 1.165) is 31.1 Å². The van der Waals surface area contributed by atoms with Gasteiger partial charge in [0.25, 0.3) is 0 Å². The molecule has 1 fully saturated rings. The maximum Gasteiger partial charge on any atom is 0.179 e. The molecular weight excluding hydrogens is 368 g/mol. The lowest BCUT2D eigenvalue weighted by Crippen LogP contribution is -2.37. The number of nitrogens with one attached hydrogen (secondary N) is 1. The van der Waals surface area contributed by atoms with Gasteiger partial charge in [-0.15, -0.1) is 12.4 Å². The average molecular weight is 403 g/mol. The molecule has 0 amide bonds. The van der Waals surface area contributed by atoms with Crippen molar-refractivity contribution in [1.29, 1.82) is 0 Å². The van der Waals surface area contributed by atoms with Crippen LogP contribution in [-0.4, -0.2) is 52.3 Å². The van der Waals surface area contributed by atoms with E-state index in [2.05, 4.69) is 31.0 Å². The van der Waals surface area contributed by atoms with E-state index in [9.17, 15) is 8.42 Å². The van der Waals surface area contributed by atoms with Crippen LogP contribution in [0, 0.1) is 5.92 Å². The highest BCUT2D eigenvalue weighted by Crippen LogP contribution is 2.24. The van der Waals surface area contributed by atoms with Crippen LogP contribution in [0.1, 0.15) is 45.6 Å². The van der Waals surface area contributed by atoms with Gasteiger partial charge in [-0.05, 0) is 75.0 Å². The molecule has 0 spiro atoms. The molecule has 2 rings (SSSR count). The molecule has 0 atom stereocenters. The highest BCUT2D eigenvalue weighted by Gasteiger charge is 2.22. The highest BCUT2D eigenvalue weighted by molar-refractivity contribution is 7.91. The molecule has 0 radical (unpaired) electrons. The van der Waals surface area contributed by atoms with Crippen molar-refractivity contribution < 1.29 is 8.42 Å². The van der Waals surface area contributed by atoms with Crippen LogP contribution in [0.5, 0.6) is 0 Å². The molecule has 1 aliphatic rings. The fourth-order valence-electron chi connectivity index (χ4n) is 3.38.